The highest BCUT2D eigenvalue weighted by Crippen LogP contribution is 2.28. The average Bonchev–Trinajstić information content (AvgIpc) is 3.26. The molecule has 0 aliphatic heterocycles. The number of hydrogen-bond acceptors (Lipinski definition) is 5. The van der Waals surface area contributed by atoms with Crippen LogP contribution in [0.3, 0.4) is 0 Å². The third kappa shape index (κ3) is 5.01. The molecule has 2 aromatic heterocycles. The van der Waals surface area contributed by atoms with Gasteiger partial charge in [0.25, 0.3) is 0 Å². The van der Waals surface area contributed by atoms with Crippen molar-refractivity contribution in [3.8, 4) is 23.3 Å². The van der Waals surface area contributed by atoms with E-state index in [4.69, 9.17) is 21.6 Å². The average molecular weight is 440 g/mol. The van der Waals surface area contributed by atoms with Gasteiger partial charge in [-0.3, -0.25) is 4.98 Å². The van der Waals surface area contributed by atoms with Gasteiger partial charge in [-0.05, 0) is 53.1 Å². The van der Waals surface area contributed by atoms with Gasteiger partial charge >= 0.3 is 0 Å². The minimum atomic E-state index is 0.366. The van der Waals surface area contributed by atoms with Crippen LogP contribution in [0, 0.1) is 22.7 Å². The molecule has 4 rings (SSSR count). The molecule has 7 heteroatoms. The number of imidazole rings is 1. The highest BCUT2D eigenvalue weighted by Gasteiger charge is 2.10. The topological polar surface area (TPSA) is 87.5 Å². The molecule has 0 aliphatic rings. The Hall–Kier alpha value is -3.97. The van der Waals surface area contributed by atoms with Crippen molar-refractivity contribution in [1.82, 2.24) is 14.5 Å². The van der Waals surface area contributed by atoms with E-state index in [-0.39, 0.29) is 0 Å². The number of hydrogen-bond donors (Lipinski definition) is 0. The van der Waals surface area contributed by atoms with Crippen molar-refractivity contribution >= 4 is 11.6 Å². The molecule has 4 aromatic rings. The lowest BCUT2D eigenvalue weighted by atomic mass is 9.98. The molecule has 0 saturated carbocycles. The molecule has 156 valence electrons. The van der Waals surface area contributed by atoms with Crippen molar-refractivity contribution in [1.29, 1.82) is 10.5 Å². The lowest BCUT2D eigenvalue weighted by Gasteiger charge is -2.12. The van der Waals surface area contributed by atoms with E-state index in [0.29, 0.717) is 35.9 Å². The van der Waals surface area contributed by atoms with Crippen molar-refractivity contribution in [2.75, 3.05) is 0 Å². The Morgan fingerprint density at radius 1 is 0.938 bits per heavy atom. The molecule has 0 atom stereocenters. The van der Waals surface area contributed by atoms with Gasteiger partial charge in [0, 0.05) is 11.2 Å². The van der Waals surface area contributed by atoms with Crippen LogP contribution < -0.4 is 0 Å². The molecule has 6 nitrogen and oxygen atoms in total. The van der Waals surface area contributed by atoms with Gasteiger partial charge in [0.1, 0.15) is 6.07 Å². The second-order valence-corrected chi connectivity index (χ2v) is 7.59. The van der Waals surface area contributed by atoms with E-state index in [2.05, 4.69) is 22.1 Å². The number of halogens is 1. The van der Waals surface area contributed by atoms with E-state index in [1.54, 1.807) is 30.9 Å². The third-order valence-electron chi connectivity index (χ3n) is 4.97. The maximum absolute atomic E-state index is 9.30. The minimum absolute atomic E-state index is 0.366. The normalized spacial score (nSPS) is 10.5. The summed E-state index contributed by atoms with van der Waals surface area (Å²) >= 11 is 6.17. The van der Waals surface area contributed by atoms with Crippen LogP contribution in [0.1, 0.15) is 28.1 Å². The zero-order valence-electron chi connectivity index (χ0n) is 17.1. The van der Waals surface area contributed by atoms with E-state index in [1.165, 1.54) is 0 Å². The molecule has 0 bridgehead atoms. The first-order valence-electron chi connectivity index (χ1n) is 9.87. The van der Waals surface area contributed by atoms with E-state index < -0.39 is 0 Å². The summed E-state index contributed by atoms with van der Waals surface area (Å²) in [6.45, 7) is 1.27. The van der Waals surface area contributed by atoms with Crippen LogP contribution in [0.15, 0.2) is 73.3 Å². The highest BCUT2D eigenvalue weighted by molar-refractivity contribution is 6.30. The minimum Gasteiger partial charge on any atom is -0.370 e. The Balaban J connectivity index is 1.47. The van der Waals surface area contributed by atoms with Crippen LogP contribution in [0.2, 0.25) is 5.02 Å². The second-order valence-electron chi connectivity index (χ2n) is 7.15. The first-order chi connectivity index (χ1) is 15.7. The molecular formula is C25H18ClN5O. The fourth-order valence-electron chi connectivity index (χ4n) is 3.33. The number of aromatic nitrogens is 3. The van der Waals surface area contributed by atoms with Gasteiger partial charge in [-0.2, -0.15) is 10.5 Å². The first-order valence-corrected chi connectivity index (χ1v) is 10.2. The van der Waals surface area contributed by atoms with Gasteiger partial charge in [0.15, 0.2) is 0 Å². The number of ether oxygens (including phenoxy) is 1. The van der Waals surface area contributed by atoms with Crippen molar-refractivity contribution in [3.63, 3.8) is 0 Å². The van der Waals surface area contributed by atoms with Crippen LogP contribution in [-0.2, 0) is 24.5 Å². The first kappa shape index (κ1) is 21.3. The molecule has 32 heavy (non-hydrogen) atoms. The Bertz CT molecular complexity index is 1320. The van der Waals surface area contributed by atoms with Crippen molar-refractivity contribution in [2.24, 2.45) is 0 Å². The zero-order chi connectivity index (χ0) is 22.3. The standard InChI is InChI=1S/C25H18ClN5O/c26-22-3-1-2-20(9-22)25-8-18(10-27)4-6-21(25)15-32-16-24-13-29-17-31(24)14-23-7-5-19(11-28)12-30-23/h1-9,12-13,17H,14-16H2. The number of pyridine rings is 1. The molecule has 0 amide bonds. The van der Waals surface area contributed by atoms with Crippen molar-refractivity contribution < 1.29 is 4.74 Å². The fraction of sp³-hybridized carbons (Fsp3) is 0.120. The zero-order valence-corrected chi connectivity index (χ0v) is 17.8. The number of nitriles is 2. The summed E-state index contributed by atoms with van der Waals surface area (Å²) in [4.78, 5) is 8.54. The summed E-state index contributed by atoms with van der Waals surface area (Å²) in [6.07, 6.45) is 5.06. The molecular weight excluding hydrogens is 422 g/mol. The molecule has 0 saturated heterocycles. The fourth-order valence-corrected chi connectivity index (χ4v) is 3.52. The number of benzene rings is 2. The molecule has 0 fully saturated rings. The maximum Gasteiger partial charge on any atom is 0.101 e. The van der Waals surface area contributed by atoms with Gasteiger partial charge in [0.05, 0.1) is 60.9 Å². The number of nitrogens with zero attached hydrogens (tertiary/aromatic N) is 5. The lowest BCUT2D eigenvalue weighted by molar-refractivity contribution is 0.103. The van der Waals surface area contributed by atoms with E-state index >= 15 is 0 Å². The third-order valence-corrected chi connectivity index (χ3v) is 5.20. The van der Waals surface area contributed by atoms with Gasteiger partial charge < -0.3 is 9.30 Å². The smallest absolute Gasteiger partial charge is 0.101 e. The SMILES string of the molecule is N#Cc1ccc(Cn2cncc2COCc2ccc(C#N)cc2-c2cccc(Cl)c2)nc1. The van der Waals surface area contributed by atoms with E-state index in [0.717, 1.165) is 28.1 Å². The number of rotatable bonds is 7. The summed E-state index contributed by atoms with van der Waals surface area (Å²) in [5, 5.41) is 18.8. The van der Waals surface area contributed by atoms with Gasteiger partial charge in [-0.25, -0.2) is 4.98 Å². The molecule has 0 radical (unpaired) electrons. The molecule has 2 heterocycles. The predicted octanol–water partition coefficient (Wildman–Crippen LogP) is 5.11. The quantitative estimate of drug-likeness (QED) is 0.399. The predicted molar refractivity (Wildman–Crippen MR) is 120 cm³/mol. The summed E-state index contributed by atoms with van der Waals surface area (Å²) in [5.41, 5.74) is 5.67. The summed E-state index contributed by atoms with van der Waals surface area (Å²) in [6, 6.07) is 20.9. The van der Waals surface area contributed by atoms with E-state index in [1.807, 2.05) is 47.0 Å². The molecule has 0 spiro atoms. The second kappa shape index (κ2) is 9.89. The molecule has 0 unspecified atom stereocenters. The van der Waals surface area contributed by atoms with Crippen molar-refractivity contribution in [3.05, 3.63) is 106 Å². The van der Waals surface area contributed by atoms with Crippen LogP contribution >= 0.6 is 11.6 Å². The Morgan fingerprint density at radius 3 is 2.53 bits per heavy atom. The molecule has 2 aromatic carbocycles. The largest absolute Gasteiger partial charge is 0.370 e. The van der Waals surface area contributed by atoms with Crippen LogP contribution in [0.5, 0.6) is 0 Å². The van der Waals surface area contributed by atoms with Gasteiger partial charge in [-0.15, -0.1) is 0 Å². The maximum atomic E-state index is 9.30. The summed E-state index contributed by atoms with van der Waals surface area (Å²) in [5.74, 6) is 0. The van der Waals surface area contributed by atoms with Crippen molar-refractivity contribution in [2.45, 2.75) is 19.8 Å². The van der Waals surface area contributed by atoms with Crippen LogP contribution in [0.4, 0.5) is 0 Å². The lowest BCUT2D eigenvalue weighted by Crippen LogP contribution is -2.06. The Labute approximate surface area is 190 Å². The Morgan fingerprint density at radius 2 is 1.78 bits per heavy atom. The highest BCUT2D eigenvalue weighted by atomic mass is 35.5. The molecule has 0 aliphatic carbocycles. The van der Waals surface area contributed by atoms with Crippen LogP contribution in [0.25, 0.3) is 11.1 Å². The van der Waals surface area contributed by atoms with Crippen LogP contribution in [-0.4, -0.2) is 14.5 Å². The monoisotopic (exact) mass is 439 g/mol. The van der Waals surface area contributed by atoms with Gasteiger partial charge in [-0.1, -0.05) is 29.8 Å². The van der Waals surface area contributed by atoms with Gasteiger partial charge in [0.2, 0.25) is 0 Å². The summed E-state index contributed by atoms with van der Waals surface area (Å²) in [7, 11) is 0. The summed E-state index contributed by atoms with van der Waals surface area (Å²) < 4.78 is 7.97. The molecule has 0 N–H and O–H groups in total. The van der Waals surface area contributed by atoms with E-state index in [9.17, 15) is 5.26 Å². The Kier molecular flexibility index (Phi) is 6.57.